The van der Waals surface area contributed by atoms with E-state index in [2.05, 4.69) is 216 Å². The van der Waals surface area contributed by atoms with Crippen LogP contribution in [0.25, 0.3) is 105 Å². The van der Waals surface area contributed by atoms with E-state index in [4.69, 9.17) is 8.83 Å². The fourth-order valence-corrected chi connectivity index (χ4v) is 9.90. The summed E-state index contributed by atoms with van der Waals surface area (Å²) in [4.78, 5) is 2.39. The molecular formula is C60H38N2O2. The monoisotopic (exact) mass is 818 g/mol. The lowest BCUT2D eigenvalue weighted by Crippen LogP contribution is -2.10. The van der Waals surface area contributed by atoms with Gasteiger partial charge in [-0.25, -0.2) is 0 Å². The fourth-order valence-electron chi connectivity index (χ4n) is 9.90. The van der Waals surface area contributed by atoms with E-state index < -0.39 is 0 Å². The van der Waals surface area contributed by atoms with E-state index in [0.717, 1.165) is 88.8 Å². The Bertz CT molecular complexity index is 3890. The molecule has 0 radical (unpaired) electrons. The summed E-state index contributed by atoms with van der Waals surface area (Å²) in [5.41, 5.74) is 16.8. The summed E-state index contributed by atoms with van der Waals surface area (Å²) in [7, 11) is 0. The molecule has 0 aliphatic rings. The molecule has 0 aliphatic carbocycles. The molecule has 3 aromatic heterocycles. The highest BCUT2D eigenvalue weighted by molar-refractivity contribution is 6.24. The normalized spacial score (nSPS) is 11.8. The van der Waals surface area contributed by atoms with Gasteiger partial charge in [0.15, 0.2) is 11.2 Å². The van der Waals surface area contributed by atoms with Gasteiger partial charge in [0.2, 0.25) is 0 Å². The van der Waals surface area contributed by atoms with E-state index in [0.29, 0.717) is 0 Å². The van der Waals surface area contributed by atoms with Crippen molar-refractivity contribution >= 4 is 82.7 Å². The molecule has 0 spiro atoms. The smallest absolute Gasteiger partial charge is 0.179 e. The lowest BCUT2D eigenvalue weighted by Gasteiger charge is -2.26. The molecule has 4 heteroatoms. The van der Waals surface area contributed by atoms with Gasteiger partial charge in [-0.1, -0.05) is 152 Å². The molecule has 4 nitrogen and oxygen atoms in total. The van der Waals surface area contributed by atoms with E-state index >= 15 is 0 Å². The fraction of sp³-hybridized carbons (Fsp3) is 0. The number of hydrogen-bond acceptors (Lipinski definition) is 3. The van der Waals surface area contributed by atoms with Gasteiger partial charge in [0.05, 0.1) is 11.0 Å². The van der Waals surface area contributed by atoms with Gasteiger partial charge in [0.25, 0.3) is 0 Å². The van der Waals surface area contributed by atoms with E-state index in [-0.39, 0.29) is 0 Å². The van der Waals surface area contributed by atoms with Gasteiger partial charge in [0.1, 0.15) is 11.2 Å². The maximum Gasteiger partial charge on any atom is 0.179 e. The predicted octanol–water partition coefficient (Wildman–Crippen LogP) is 17.1. The van der Waals surface area contributed by atoms with Gasteiger partial charge >= 0.3 is 0 Å². The standard InChI is InChI=1S/C60H38N2O2/c1-3-16-39(17-4-1)46-22-7-8-23-47(46)40-30-32-43(33-31-40)61(45-34-35-55-52(37-45)48-24-9-12-27-54(48)62(55)42-19-5-2-6-20-42)44-21-15-18-41(36-44)51-38-53-49-25-10-13-28-56(49)63-59(53)60-58(51)50-26-11-14-29-57(50)64-60/h1-38H. The summed E-state index contributed by atoms with van der Waals surface area (Å²) < 4.78 is 15.6. The first-order valence-electron chi connectivity index (χ1n) is 21.7. The number of anilines is 3. The Kier molecular flexibility index (Phi) is 8.18. The zero-order chi connectivity index (χ0) is 42.1. The van der Waals surface area contributed by atoms with Crippen LogP contribution < -0.4 is 4.90 Å². The van der Waals surface area contributed by atoms with Crippen LogP contribution in [0.2, 0.25) is 0 Å². The van der Waals surface area contributed by atoms with Gasteiger partial charge in [-0.2, -0.15) is 0 Å². The van der Waals surface area contributed by atoms with Gasteiger partial charge in [-0.05, 0) is 112 Å². The van der Waals surface area contributed by atoms with Crippen molar-refractivity contribution < 1.29 is 8.83 Å². The maximum atomic E-state index is 6.66. The molecule has 13 aromatic rings. The average molecular weight is 819 g/mol. The minimum Gasteiger partial charge on any atom is -0.452 e. The number of nitrogens with zero attached hydrogens (tertiary/aromatic N) is 2. The molecule has 0 saturated heterocycles. The van der Waals surface area contributed by atoms with Crippen molar-refractivity contribution in [3.63, 3.8) is 0 Å². The van der Waals surface area contributed by atoms with Crippen molar-refractivity contribution in [1.82, 2.24) is 4.57 Å². The van der Waals surface area contributed by atoms with Crippen molar-refractivity contribution in [1.29, 1.82) is 0 Å². The number of aromatic nitrogens is 1. The molecule has 10 aromatic carbocycles. The van der Waals surface area contributed by atoms with Crippen LogP contribution in [-0.2, 0) is 0 Å². The lowest BCUT2D eigenvalue weighted by molar-refractivity contribution is 0.633. The first kappa shape index (κ1) is 36.1. The van der Waals surface area contributed by atoms with Crippen LogP contribution in [0.3, 0.4) is 0 Å². The summed E-state index contributed by atoms with van der Waals surface area (Å²) in [6.07, 6.45) is 0. The third-order valence-electron chi connectivity index (χ3n) is 12.8. The maximum absolute atomic E-state index is 6.66. The Hall–Kier alpha value is -8.60. The van der Waals surface area contributed by atoms with Gasteiger partial charge in [-0.3, -0.25) is 0 Å². The van der Waals surface area contributed by atoms with E-state index in [1.807, 2.05) is 24.3 Å². The van der Waals surface area contributed by atoms with E-state index in [1.165, 1.54) is 33.0 Å². The Morgan fingerprint density at radius 2 is 0.875 bits per heavy atom. The molecule has 0 bridgehead atoms. The van der Waals surface area contributed by atoms with Crippen LogP contribution in [0, 0.1) is 0 Å². The molecule has 0 atom stereocenters. The highest BCUT2D eigenvalue weighted by atomic mass is 16.4. The number of para-hydroxylation sites is 4. The second kappa shape index (κ2) is 14.5. The minimum absolute atomic E-state index is 0.763. The second-order valence-electron chi connectivity index (χ2n) is 16.4. The molecular weight excluding hydrogens is 781 g/mol. The number of hydrogen-bond donors (Lipinski definition) is 0. The Morgan fingerprint density at radius 1 is 0.312 bits per heavy atom. The first-order chi connectivity index (χ1) is 31.7. The number of benzene rings is 10. The van der Waals surface area contributed by atoms with Crippen molar-refractivity contribution in [2.24, 2.45) is 0 Å². The average Bonchev–Trinajstić information content (AvgIpc) is 4.05. The highest BCUT2D eigenvalue weighted by Crippen LogP contribution is 2.46. The number of furan rings is 2. The quantitative estimate of drug-likeness (QED) is 0.161. The first-order valence-corrected chi connectivity index (χ1v) is 21.7. The molecule has 0 amide bonds. The predicted molar refractivity (Wildman–Crippen MR) is 266 cm³/mol. The lowest BCUT2D eigenvalue weighted by atomic mass is 9.94. The van der Waals surface area contributed by atoms with E-state index in [1.54, 1.807) is 0 Å². The van der Waals surface area contributed by atoms with Crippen LogP contribution in [0.1, 0.15) is 0 Å². The molecule has 0 N–H and O–H groups in total. The molecule has 64 heavy (non-hydrogen) atoms. The van der Waals surface area contributed by atoms with Gasteiger partial charge in [0, 0.05) is 55.1 Å². The topological polar surface area (TPSA) is 34.5 Å². The van der Waals surface area contributed by atoms with Crippen molar-refractivity contribution in [3.8, 4) is 39.1 Å². The van der Waals surface area contributed by atoms with Crippen molar-refractivity contribution in [2.75, 3.05) is 4.90 Å². The third kappa shape index (κ3) is 5.70. The van der Waals surface area contributed by atoms with Crippen LogP contribution in [0.4, 0.5) is 17.1 Å². The SMILES string of the molecule is c1ccc(-c2ccccc2-c2ccc(N(c3cccc(-c4cc5c6ccccc6oc5c5oc6ccccc6c45)c3)c3ccc4c(c3)c3ccccc3n4-c3ccccc3)cc2)cc1. The minimum atomic E-state index is 0.763. The molecule has 13 rings (SSSR count). The molecule has 0 aliphatic heterocycles. The summed E-state index contributed by atoms with van der Waals surface area (Å²) >= 11 is 0. The van der Waals surface area contributed by atoms with Crippen molar-refractivity contribution in [3.05, 3.63) is 231 Å². The number of rotatable bonds is 7. The molecule has 0 unspecified atom stereocenters. The van der Waals surface area contributed by atoms with Gasteiger partial charge < -0.3 is 18.3 Å². The Labute approximate surface area is 369 Å². The molecule has 300 valence electrons. The Balaban J connectivity index is 1.02. The van der Waals surface area contributed by atoms with E-state index in [9.17, 15) is 0 Å². The number of fused-ring (bicyclic) bond motifs is 10. The van der Waals surface area contributed by atoms with Crippen LogP contribution in [0.15, 0.2) is 239 Å². The molecule has 3 heterocycles. The summed E-state index contributed by atoms with van der Waals surface area (Å²) in [6, 6.07) is 82.3. The summed E-state index contributed by atoms with van der Waals surface area (Å²) in [6.45, 7) is 0. The van der Waals surface area contributed by atoms with Gasteiger partial charge in [-0.15, -0.1) is 0 Å². The molecule has 0 saturated carbocycles. The summed E-state index contributed by atoms with van der Waals surface area (Å²) in [5.74, 6) is 0. The Morgan fingerprint density at radius 3 is 1.66 bits per heavy atom. The molecule has 0 fully saturated rings. The zero-order valence-corrected chi connectivity index (χ0v) is 34.7. The second-order valence-corrected chi connectivity index (χ2v) is 16.4. The largest absolute Gasteiger partial charge is 0.452 e. The highest BCUT2D eigenvalue weighted by Gasteiger charge is 2.23. The van der Waals surface area contributed by atoms with Crippen molar-refractivity contribution in [2.45, 2.75) is 0 Å². The zero-order valence-electron chi connectivity index (χ0n) is 34.7. The van der Waals surface area contributed by atoms with Crippen LogP contribution >= 0.6 is 0 Å². The van der Waals surface area contributed by atoms with Crippen LogP contribution in [0.5, 0.6) is 0 Å². The summed E-state index contributed by atoms with van der Waals surface area (Å²) in [5, 5.41) is 6.60. The third-order valence-corrected chi connectivity index (χ3v) is 12.8. The van der Waals surface area contributed by atoms with Crippen LogP contribution in [-0.4, -0.2) is 4.57 Å².